The first kappa shape index (κ1) is 10.0. The summed E-state index contributed by atoms with van der Waals surface area (Å²) in [5.41, 5.74) is 3.10. The molecule has 0 bridgehead atoms. The first-order valence-corrected chi connectivity index (χ1v) is 6.16. The Morgan fingerprint density at radius 2 is 2.19 bits per heavy atom. The lowest BCUT2D eigenvalue weighted by molar-refractivity contribution is 0.111. The molecule has 2 aliphatic rings. The van der Waals surface area contributed by atoms with E-state index in [0.717, 1.165) is 25.8 Å². The number of aldehydes is 1. The summed E-state index contributed by atoms with van der Waals surface area (Å²) < 4.78 is 2.12. The molecule has 0 amide bonds. The van der Waals surface area contributed by atoms with E-state index in [0.29, 0.717) is 11.7 Å². The van der Waals surface area contributed by atoms with Crippen LogP contribution < -0.4 is 5.32 Å². The van der Waals surface area contributed by atoms with Crippen molar-refractivity contribution in [3.8, 4) is 0 Å². The normalized spacial score (nSPS) is 21.0. The van der Waals surface area contributed by atoms with Gasteiger partial charge in [-0.15, -0.1) is 0 Å². The topological polar surface area (TPSA) is 46.9 Å². The maximum Gasteiger partial charge on any atom is 0.170 e. The molecule has 16 heavy (non-hydrogen) atoms. The lowest BCUT2D eigenvalue weighted by atomic mass is 10.1. The number of hydrogen-bond donors (Lipinski definition) is 1. The van der Waals surface area contributed by atoms with Gasteiger partial charge in [0, 0.05) is 12.1 Å². The average molecular weight is 219 g/mol. The molecule has 4 nitrogen and oxygen atoms in total. The van der Waals surface area contributed by atoms with Gasteiger partial charge in [0.25, 0.3) is 0 Å². The van der Waals surface area contributed by atoms with Gasteiger partial charge in [0.1, 0.15) is 5.69 Å². The van der Waals surface area contributed by atoms with Gasteiger partial charge >= 0.3 is 0 Å². The summed E-state index contributed by atoms with van der Waals surface area (Å²) in [6, 6.07) is 0.530. The van der Waals surface area contributed by atoms with Gasteiger partial charge in [-0.1, -0.05) is 12.8 Å². The summed E-state index contributed by atoms with van der Waals surface area (Å²) in [6.07, 6.45) is 6.87. The number of aromatic nitrogens is 2. The monoisotopic (exact) mass is 219 g/mol. The highest BCUT2D eigenvalue weighted by atomic mass is 16.1. The van der Waals surface area contributed by atoms with Crippen LogP contribution in [0, 0.1) is 0 Å². The van der Waals surface area contributed by atoms with Gasteiger partial charge in [-0.2, -0.15) is 5.10 Å². The second kappa shape index (κ2) is 4.01. The Kier molecular flexibility index (Phi) is 2.52. The Bertz CT molecular complexity index is 405. The molecule has 0 saturated heterocycles. The van der Waals surface area contributed by atoms with E-state index in [1.54, 1.807) is 0 Å². The second-order valence-electron chi connectivity index (χ2n) is 4.74. The Hall–Kier alpha value is -1.16. The quantitative estimate of drug-likeness (QED) is 0.766. The van der Waals surface area contributed by atoms with Crippen LogP contribution in [0.5, 0.6) is 0 Å². The molecule has 1 aromatic heterocycles. The maximum absolute atomic E-state index is 11.0. The van der Waals surface area contributed by atoms with Crippen molar-refractivity contribution in [1.82, 2.24) is 15.1 Å². The number of carbonyl (C=O) groups excluding carboxylic acids is 1. The highest BCUT2D eigenvalue weighted by Gasteiger charge is 2.26. The lowest BCUT2D eigenvalue weighted by Crippen LogP contribution is -2.26. The van der Waals surface area contributed by atoms with Crippen molar-refractivity contribution in [3.05, 3.63) is 17.0 Å². The van der Waals surface area contributed by atoms with E-state index < -0.39 is 0 Å². The fourth-order valence-corrected chi connectivity index (χ4v) is 2.95. The summed E-state index contributed by atoms with van der Waals surface area (Å²) in [5, 5.41) is 7.87. The summed E-state index contributed by atoms with van der Waals surface area (Å²) in [4.78, 5) is 11.0. The SMILES string of the molecule is O=Cc1nn(C2CCCC2)c2c1CCNC2. The molecule has 1 aliphatic carbocycles. The van der Waals surface area contributed by atoms with Gasteiger partial charge < -0.3 is 5.32 Å². The van der Waals surface area contributed by atoms with Crippen molar-refractivity contribution in [2.75, 3.05) is 6.54 Å². The first-order chi connectivity index (χ1) is 7.90. The number of rotatable bonds is 2. The molecule has 1 aliphatic heterocycles. The third-order valence-corrected chi connectivity index (χ3v) is 3.78. The van der Waals surface area contributed by atoms with Crippen LogP contribution in [0.15, 0.2) is 0 Å². The molecule has 2 heterocycles. The molecular weight excluding hydrogens is 202 g/mol. The van der Waals surface area contributed by atoms with E-state index >= 15 is 0 Å². The zero-order chi connectivity index (χ0) is 11.0. The van der Waals surface area contributed by atoms with E-state index in [1.807, 2.05) is 0 Å². The minimum absolute atomic E-state index is 0.530. The van der Waals surface area contributed by atoms with Crippen LogP contribution in [-0.4, -0.2) is 22.6 Å². The number of nitrogens with one attached hydrogen (secondary N) is 1. The summed E-state index contributed by atoms with van der Waals surface area (Å²) in [6.45, 7) is 1.83. The summed E-state index contributed by atoms with van der Waals surface area (Å²) in [7, 11) is 0. The van der Waals surface area contributed by atoms with Gasteiger partial charge in [0.2, 0.25) is 0 Å². The van der Waals surface area contributed by atoms with Gasteiger partial charge in [-0.3, -0.25) is 9.48 Å². The average Bonchev–Trinajstić information content (AvgIpc) is 2.95. The zero-order valence-electron chi connectivity index (χ0n) is 9.41. The van der Waals surface area contributed by atoms with Crippen LogP contribution in [0.2, 0.25) is 0 Å². The predicted molar refractivity (Wildman–Crippen MR) is 60.5 cm³/mol. The third kappa shape index (κ3) is 1.48. The van der Waals surface area contributed by atoms with E-state index in [2.05, 4.69) is 15.1 Å². The number of hydrogen-bond acceptors (Lipinski definition) is 3. The van der Waals surface area contributed by atoms with Crippen LogP contribution >= 0.6 is 0 Å². The van der Waals surface area contributed by atoms with Crippen LogP contribution in [-0.2, 0) is 13.0 Å². The van der Waals surface area contributed by atoms with Crippen LogP contribution in [0.3, 0.4) is 0 Å². The van der Waals surface area contributed by atoms with Crippen molar-refractivity contribution in [1.29, 1.82) is 0 Å². The fourth-order valence-electron chi connectivity index (χ4n) is 2.95. The van der Waals surface area contributed by atoms with Gasteiger partial charge in [-0.05, 0) is 25.8 Å². The fraction of sp³-hybridized carbons (Fsp3) is 0.667. The molecule has 1 fully saturated rings. The lowest BCUT2D eigenvalue weighted by Gasteiger charge is -2.18. The minimum Gasteiger partial charge on any atom is -0.311 e. The molecule has 0 radical (unpaired) electrons. The molecular formula is C12H17N3O. The van der Waals surface area contributed by atoms with E-state index in [9.17, 15) is 4.79 Å². The van der Waals surface area contributed by atoms with E-state index in [-0.39, 0.29) is 0 Å². The Morgan fingerprint density at radius 1 is 1.38 bits per heavy atom. The molecule has 0 aromatic carbocycles. The molecule has 1 saturated carbocycles. The van der Waals surface area contributed by atoms with Crippen molar-refractivity contribution in [2.24, 2.45) is 0 Å². The molecule has 1 aromatic rings. The highest BCUT2D eigenvalue weighted by molar-refractivity contribution is 5.75. The predicted octanol–water partition coefficient (Wildman–Crippen LogP) is 1.46. The minimum atomic E-state index is 0.530. The van der Waals surface area contributed by atoms with Crippen molar-refractivity contribution in [3.63, 3.8) is 0 Å². The van der Waals surface area contributed by atoms with E-state index in [4.69, 9.17) is 0 Å². The summed E-state index contributed by atoms with van der Waals surface area (Å²) in [5.74, 6) is 0. The summed E-state index contributed by atoms with van der Waals surface area (Å²) >= 11 is 0. The van der Waals surface area contributed by atoms with Crippen LogP contribution in [0.25, 0.3) is 0 Å². The molecule has 0 atom stereocenters. The smallest absolute Gasteiger partial charge is 0.170 e. The molecule has 4 heteroatoms. The Labute approximate surface area is 95.0 Å². The molecule has 0 unspecified atom stereocenters. The largest absolute Gasteiger partial charge is 0.311 e. The van der Waals surface area contributed by atoms with E-state index in [1.165, 1.54) is 36.9 Å². The highest BCUT2D eigenvalue weighted by Crippen LogP contribution is 2.32. The number of nitrogens with zero attached hydrogens (tertiary/aromatic N) is 2. The first-order valence-electron chi connectivity index (χ1n) is 6.16. The standard InChI is InChI=1S/C12H17N3O/c16-8-11-10-5-6-13-7-12(10)15(14-11)9-3-1-2-4-9/h8-9,13H,1-7H2. The Balaban J connectivity index is 2.03. The van der Waals surface area contributed by atoms with Crippen molar-refractivity contribution in [2.45, 2.75) is 44.7 Å². The Morgan fingerprint density at radius 3 is 2.94 bits per heavy atom. The van der Waals surface area contributed by atoms with Gasteiger partial charge in [0.05, 0.1) is 11.7 Å². The molecule has 3 rings (SSSR count). The second-order valence-corrected chi connectivity index (χ2v) is 4.74. The van der Waals surface area contributed by atoms with Crippen molar-refractivity contribution >= 4 is 6.29 Å². The number of fused-ring (bicyclic) bond motifs is 1. The molecule has 0 spiro atoms. The van der Waals surface area contributed by atoms with Gasteiger partial charge in [0.15, 0.2) is 6.29 Å². The number of carbonyl (C=O) groups is 1. The van der Waals surface area contributed by atoms with Crippen molar-refractivity contribution < 1.29 is 4.79 Å². The van der Waals surface area contributed by atoms with Crippen LogP contribution in [0.4, 0.5) is 0 Å². The third-order valence-electron chi connectivity index (χ3n) is 3.78. The maximum atomic E-state index is 11.0. The zero-order valence-corrected chi connectivity index (χ0v) is 9.41. The van der Waals surface area contributed by atoms with Crippen LogP contribution in [0.1, 0.15) is 53.5 Å². The molecule has 86 valence electrons. The molecule has 1 N–H and O–H groups in total. The van der Waals surface area contributed by atoms with Gasteiger partial charge in [-0.25, -0.2) is 0 Å².